The maximum Gasteiger partial charge on any atom is 0.225 e. The summed E-state index contributed by atoms with van der Waals surface area (Å²) >= 11 is 0. The second-order valence-corrected chi connectivity index (χ2v) is 5.67. The summed E-state index contributed by atoms with van der Waals surface area (Å²) in [5.41, 5.74) is 1.46. The fraction of sp³-hybridized carbons (Fsp3) is 0.615. The van der Waals surface area contributed by atoms with Crippen molar-refractivity contribution >= 4 is 22.9 Å². The van der Waals surface area contributed by atoms with Gasteiger partial charge in [0.05, 0.1) is 0 Å². The van der Waals surface area contributed by atoms with Crippen molar-refractivity contribution in [2.24, 2.45) is 13.0 Å². The van der Waals surface area contributed by atoms with Gasteiger partial charge in [-0.05, 0) is 12.8 Å². The highest BCUT2D eigenvalue weighted by Gasteiger charge is 2.35. The van der Waals surface area contributed by atoms with Crippen LogP contribution in [0, 0.1) is 5.92 Å². The predicted octanol–water partition coefficient (Wildman–Crippen LogP) is -0.183. The van der Waals surface area contributed by atoms with Crippen molar-refractivity contribution in [2.75, 3.05) is 31.1 Å². The lowest BCUT2D eigenvalue weighted by atomic mass is 10.2. The molecule has 0 atom stereocenters. The van der Waals surface area contributed by atoms with Crippen molar-refractivity contribution in [3.05, 3.63) is 6.33 Å². The van der Waals surface area contributed by atoms with Gasteiger partial charge in [-0.15, -0.1) is 5.10 Å². The molecular formula is C13H17N7O. The van der Waals surface area contributed by atoms with Gasteiger partial charge in [0, 0.05) is 39.1 Å². The number of nitrogens with zero attached hydrogens (tertiary/aromatic N) is 7. The van der Waals surface area contributed by atoms with E-state index in [4.69, 9.17) is 0 Å². The van der Waals surface area contributed by atoms with Gasteiger partial charge in [-0.3, -0.25) is 4.79 Å². The van der Waals surface area contributed by atoms with E-state index in [2.05, 4.69) is 25.2 Å². The SMILES string of the molecule is Cn1nnc2c(N3CCN(C(=O)C4CC4)CC3)ncnc21. The first-order valence-corrected chi connectivity index (χ1v) is 7.28. The van der Waals surface area contributed by atoms with Gasteiger partial charge in [-0.1, -0.05) is 5.21 Å². The standard InChI is InChI=1S/C13H17N7O/c1-18-11-10(16-17-18)12(15-8-14-11)19-4-6-20(7-5-19)13(21)9-2-3-9/h8-9H,2-7H2,1H3. The van der Waals surface area contributed by atoms with Gasteiger partial charge >= 0.3 is 0 Å². The summed E-state index contributed by atoms with van der Waals surface area (Å²) in [6.45, 7) is 3.06. The van der Waals surface area contributed by atoms with Crippen LogP contribution in [0.3, 0.4) is 0 Å². The smallest absolute Gasteiger partial charge is 0.225 e. The Balaban J connectivity index is 1.53. The van der Waals surface area contributed by atoms with E-state index < -0.39 is 0 Å². The molecule has 3 heterocycles. The molecule has 1 amide bonds. The third-order valence-electron chi connectivity index (χ3n) is 4.19. The molecule has 1 saturated heterocycles. The number of hydrogen-bond acceptors (Lipinski definition) is 6. The largest absolute Gasteiger partial charge is 0.351 e. The van der Waals surface area contributed by atoms with E-state index in [9.17, 15) is 4.79 Å². The van der Waals surface area contributed by atoms with Gasteiger partial charge in [0.1, 0.15) is 6.33 Å². The Morgan fingerprint density at radius 2 is 1.95 bits per heavy atom. The molecule has 2 aromatic rings. The highest BCUT2D eigenvalue weighted by atomic mass is 16.2. The summed E-state index contributed by atoms with van der Waals surface area (Å²) < 4.78 is 1.65. The van der Waals surface area contributed by atoms with Crippen molar-refractivity contribution in [1.82, 2.24) is 29.9 Å². The lowest BCUT2D eigenvalue weighted by molar-refractivity contribution is -0.132. The fourth-order valence-corrected chi connectivity index (χ4v) is 2.80. The van der Waals surface area contributed by atoms with Crippen molar-refractivity contribution in [3.63, 3.8) is 0 Å². The molecule has 1 aliphatic carbocycles. The van der Waals surface area contributed by atoms with Crippen LogP contribution in [-0.4, -0.2) is 61.9 Å². The second-order valence-electron chi connectivity index (χ2n) is 5.67. The highest BCUT2D eigenvalue weighted by molar-refractivity contribution is 5.83. The van der Waals surface area contributed by atoms with Crippen LogP contribution in [0.2, 0.25) is 0 Å². The molecule has 1 aliphatic heterocycles. The topological polar surface area (TPSA) is 80.0 Å². The first-order valence-electron chi connectivity index (χ1n) is 7.28. The Bertz CT molecular complexity index is 685. The van der Waals surface area contributed by atoms with E-state index in [-0.39, 0.29) is 0 Å². The summed E-state index contributed by atoms with van der Waals surface area (Å²) in [5, 5.41) is 8.15. The molecule has 0 unspecified atom stereocenters. The van der Waals surface area contributed by atoms with Crippen LogP contribution in [0.15, 0.2) is 6.33 Å². The summed E-state index contributed by atoms with van der Waals surface area (Å²) in [6.07, 6.45) is 3.67. The molecule has 0 N–H and O–H groups in total. The Labute approximate surface area is 121 Å². The molecule has 21 heavy (non-hydrogen) atoms. The van der Waals surface area contributed by atoms with Crippen LogP contribution in [0.1, 0.15) is 12.8 Å². The first-order chi connectivity index (χ1) is 10.2. The molecule has 8 heteroatoms. The van der Waals surface area contributed by atoms with E-state index in [1.807, 2.05) is 11.9 Å². The maximum absolute atomic E-state index is 12.1. The van der Waals surface area contributed by atoms with Gasteiger partial charge in [-0.2, -0.15) is 0 Å². The van der Waals surface area contributed by atoms with Crippen LogP contribution >= 0.6 is 0 Å². The monoisotopic (exact) mass is 287 g/mol. The lowest BCUT2D eigenvalue weighted by Gasteiger charge is -2.35. The van der Waals surface area contributed by atoms with Crippen LogP contribution < -0.4 is 4.90 Å². The molecule has 1 saturated carbocycles. The van der Waals surface area contributed by atoms with Gasteiger partial charge in [-0.25, -0.2) is 14.6 Å². The normalized spacial score (nSPS) is 19.3. The van der Waals surface area contributed by atoms with Crippen molar-refractivity contribution in [3.8, 4) is 0 Å². The average Bonchev–Trinajstić information content (AvgIpc) is 3.31. The zero-order chi connectivity index (χ0) is 14.4. The molecule has 0 bridgehead atoms. The van der Waals surface area contributed by atoms with Crippen LogP contribution in [0.25, 0.3) is 11.2 Å². The van der Waals surface area contributed by atoms with Crippen LogP contribution in [0.5, 0.6) is 0 Å². The summed E-state index contributed by atoms with van der Waals surface area (Å²) in [6, 6.07) is 0. The number of aromatic nitrogens is 5. The number of carbonyl (C=O) groups is 1. The zero-order valence-electron chi connectivity index (χ0n) is 11.9. The number of carbonyl (C=O) groups excluding carboxylic acids is 1. The number of fused-ring (bicyclic) bond motifs is 1. The number of amides is 1. The van der Waals surface area contributed by atoms with E-state index >= 15 is 0 Å². The van der Waals surface area contributed by atoms with Crippen molar-refractivity contribution in [2.45, 2.75) is 12.8 Å². The predicted molar refractivity (Wildman–Crippen MR) is 75.6 cm³/mol. The lowest BCUT2D eigenvalue weighted by Crippen LogP contribution is -2.49. The maximum atomic E-state index is 12.1. The zero-order valence-corrected chi connectivity index (χ0v) is 11.9. The molecule has 110 valence electrons. The molecule has 8 nitrogen and oxygen atoms in total. The summed E-state index contributed by atoms with van der Waals surface area (Å²) in [4.78, 5) is 24.8. The van der Waals surface area contributed by atoms with Gasteiger partial charge in [0.25, 0.3) is 0 Å². The first kappa shape index (κ1) is 12.5. The van der Waals surface area contributed by atoms with Gasteiger partial charge < -0.3 is 9.80 Å². The minimum absolute atomic E-state index is 0.294. The minimum atomic E-state index is 0.294. The molecule has 0 aromatic carbocycles. The van der Waals surface area contributed by atoms with E-state index in [1.165, 1.54) is 0 Å². The third kappa shape index (κ3) is 2.10. The molecule has 2 aliphatic rings. The Hall–Kier alpha value is -2.25. The Kier molecular flexibility index (Phi) is 2.76. The molecule has 0 spiro atoms. The summed E-state index contributed by atoms with van der Waals surface area (Å²) in [5.74, 6) is 1.43. The van der Waals surface area contributed by atoms with Crippen LogP contribution in [-0.2, 0) is 11.8 Å². The summed E-state index contributed by atoms with van der Waals surface area (Å²) in [7, 11) is 1.82. The fourth-order valence-electron chi connectivity index (χ4n) is 2.80. The molecule has 0 radical (unpaired) electrons. The molecule has 2 aromatic heterocycles. The highest BCUT2D eigenvalue weighted by Crippen LogP contribution is 2.31. The van der Waals surface area contributed by atoms with E-state index in [1.54, 1.807) is 11.0 Å². The number of hydrogen-bond donors (Lipinski definition) is 0. The second kappa shape index (κ2) is 4.64. The molecule has 2 fully saturated rings. The van der Waals surface area contributed by atoms with Gasteiger partial charge in [0.15, 0.2) is 17.0 Å². The average molecular weight is 287 g/mol. The quantitative estimate of drug-likeness (QED) is 0.762. The van der Waals surface area contributed by atoms with Crippen LogP contribution in [0.4, 0.5) is 5.82 Å². The molecular weight excluding hydrogens is 270 g/mol. The minimum Gasteiger partial charge on any atom is -0.351 e. The third-order valence-corrected chi connectivity index (χ3v) is 4.19. The Morgan fingerprint density at radius 1 is 1.19 bits per heavy atom. The molecule has 4 rings (SSSR count). The number of aryl methyl sites for hydroxylation is 1. The number of anilines is 1. The van der Waals surface area contributed by atoms with Crippen molar-refractivity contribution in [1.29, 1.82) is 0 Å². The van der Waals surface area contributed by atoms with Crippen molar-refractivity contribution < 1.29 is 4.79 Å². The van der Waals surface area contributed by atoms with Gasteiger partial charge in [0.2, 0.25) is 5.91 Å². The number of piperazine rings is 1. The van der Waals surface area contributed by atoms with E-state index in [0.29, 0.717) is 11.8 Å². The number of rotatable bonds is 2. The Morgan fingerprint density at radius 3 is 2.67 bits per heavy atom. The van der Waals surface area contributed by atoms with E-state index in [0.717, 1.165) is 56.0 Å².